The summed E-state index contributed by atoms with van der Waals surface area (Å²) in [5.41, 5.74) is 7.09. The molecule has 0 unspecified atom stereocenters. The highest BCUT2D eigenvalue weighted by Crippen LogP contribution is 2.24. The first kappa shape index (κ1) is 11.3. The van der Waals surface area contributed by atoms with Crippen LogP contribution in [0.3, 0.4) is 0 Å². The number of nitrogen functional groups attached to an aromatic ring is 1. The van der Waals surface area contributed by atoms with Gasteiger partial charge in [-0.15, -0.1) is 0 Å². The van der Waals surface area contributed by atoms with Crippen molar-refractivity contribution in [2.75, 3.05) is 5.73 Å². The summed E-state index contributed by atoms with van der Waals surface area (Å²) in [4.78, 5) is 8.07. The average Bonchev–Trinajstić information content (AvgIpc) is 2.73. The Labute approximate surface area is 112 Å². The van der Waals surface area contributed by atoms with Gasteiger partial charge in [0.05, 0.1) is 17.3 Å². The van der Waals surface area contributed by atoms with E-state index in [9.17, 15) is 0 Å². The first-order valence-electron chi connectivity index (χ1n) is 5.06. The minimum absolute atomic E-state index is 0.388. The molecule has 0 atom stereocenters. The lowest BCUT2D eigenvalue weighted by Gasteiger charge is -2.04. The van der Waals surface area contributed by atoms with E-state index in [0.717, 1.165) is 5.69 Å². The van der Waals surface area contributed by atoms with E-state index in [0.29, 0.717) is 26.9 Å². The third-order valence-corrected chi connectivity index (χ3v) is 2.92. The van der Waals surface area contributed by atoms with Crippen molar-refractivity contribution in [3.05, 3.63) is 40.8 Å². The Hall–Kier alpha value is -1.85. The number of anilines is 1. The van der Waals surface area contributed by atoms with Crippen LogP contribution in [0.2, 0.25) is 10.0 Å². The topological polar surface area (TPSA) is 69.6 Å². The van der Waals surface area contributed by atoms with E-state index in [2.05, 4.69) is 15.1 Å². The van der Waals surface area contributed by atoms with E-state index >= 15 is 0 Å². The molecule has 0 saturated carbocycles. The number of hydrogen-bond acceptors (Lipinski definition) is 4. The first-order chi connectivity index (χ1) is 8.65. The number of halogens is 2. The number of rotatable bonds is 1. The second-order valence-corrected chi connectivity index (χ2v) is 4.55. The Kier molecular flexibility index (Phi) is 2.57. The van der Waals surface area contributed by atoms with Gasteiger partial charge in [0, 0.05) is 10.0 Å². The van der Waals surface area contributed by atoms with E-state index in [1.165, 1.54) is 6.33 Å². The highest BCUT2D eigenvalue weighted by Gasteiger charge is 2.10. The molecular formula is C11H7Cl2N5. The molecule has 2 aromatic heterocycles. The van der Waals surface area contributed by atoms with Gasteiger partial charge in [0.1, 0.15) is 12.1 Å². The molecule has 3 aromatic rings. The van der Waals surface area contributed by atoms with Crippen molar-refractivity contribution in [2.24, 2.45) is 0 Å². The molecule has 0 fully saturated rings. The lowest BCUT2D eigenvalue weighted by atomic mass is 10.3. The average molecular weight is 280 g/mol. The number of benzene rings is 1. The van der Waals surface area contributed by atoms with E-state index in [1.54, 1.807) is 29.1 Å². The Bertz CT molecular complexity index is 717. The zero-order chi connectivity index (χ0) is 12.7. The van der Waals surface area contributed by atoms with Crippen LogP contribution in [-0.2, 0) is 0 Å². The second-order valence-electron chi connectivity index (χ2n) is 3.68. The molecule has 0 saturated heterocycles. The van der Waals surface area contributed by atoms with Crippen LogP contribution in [-0.4, -0.2) is 19.7 Å². The first-order valence-corrected chi connectivity index (χ1v) is 5.81. The lowest BCUT2D eigenvalue weighted by Crippen LogP contribution is -1.99. The molecule has 7 heteroatoms. The molecule has 18 heavy (non-hydrogen) atoms. The van der Waals surface area contributed by atoms with Gasteiger partial charge in [-0.05, 0) is 18.2 Å². The number of nitrogens with two attached hydrogens (primary N) is 1. The zero-order valence-corrected chi connectivity index (χ0v) is 10.5. The molecule has 0 bridgehead atoms. The Morgan fingerprint density at radius 1 is 1.06 bits per heavy atom. The van der Waals surface area contributed by atoms with Crippen LogP contribution < -0.4 is 5.73 Å². The Balaban J connectivity index is 2.29. The van der Waals surface area contributed by atoms with Gasteiger partial charge in [0.25, 0.3) is 0 Å². The molecular weight excluding hydrogens is 273 g/mol. The third-order valence-electron chi connectivity index (χ3n) is 2.49. The van der Waals surface area contributed by atoms with Crippen molar-refractivity contribution >= 4 is 40.1 Å². The van der Waals surface area contributed by atoms with Crippen LogP contribution in [0.1, 0.15) is 0 Å². The van der Waals surface area contributed by atoms with Gasteiger partial charge in [-0.25, -0.2) is 14.6 Å². The van der Waals surface area contributed by atoms with Gasteiger partial charge in [0.2, 0.25) is 0 Å². The Morgan fingerprint density at radius 2 is 1.78 bits per heavy atom. The van der Waals surface area contributed by atoms with Crippen molar-refractivity contribution in [1.29, 1.82) is 0 Å². The molecule has 1 aromatic carbocycles. The molecule has 0 aliphatic rings. The van der Waals surface area contributed by atoms with Crippen LogP contribution in [0.4, 0.5) is 5.82 Å². The zero-order valence-electron chi connectivity index (χ0n) is 9.01. The highest BCUT2D eigenvalue weighted by molar-refractivity contribution is 6.34. The van der Waals surface area contributed by atoms with E-state index in [4.69, 9.17) is 28.9 Å². The minimum atomic E-state index is 0.388. The Morgan fingerprint density at radius 3 is 2.50 bits per heavy atom. The molecule has 2 heterocycles. The summed E-state index contributed by atoms with van der Waals surface area (Å²) in [5, 5.41) is 5.98. The second kappa shape index (κ2) is 4.12. The molecule has 0 amide bonds. The van der Waals surface area contributed by atoms with Crippen LogP contribution in [0.25, 0.3) is 16.7 Å². The summed E-state index contributed by atoms with van der Waals surface area (Å²) in [6.45, 7) is 0. The third kappa shape index (κ3) is 1.77. The fourth-order valence-electron chi connectivity index (χ4n) is 1.71. The van der Waals surface area contributed by atoms with Gasteiger partial charge >= 0.3 is 0 Å². The van der Waals surface area contributed by atoms with Gasteiger partial charge in [-0.1, -0.05) is 23.2 Å². The van der Waals surface area contributed by atoms with E-state index in [1.807, 2.05) is 0 Å². The molecule has 5 nitrogen and oxygen atoms in total. The molecule has 90 valence electrons. The maximum absolute atomic E-state index is 5.97. The van der Waals surface area contributed by atoms with Crippen molar-refractivity contribution in [1.82, 2.24) is 19.7 Å². The van der Waals surface area contributed by atoms with Gasteiger partial charge in [0.15, 0.2) is 5.65 Å². The van der Waals surface area contributed by atoms with Crippen LogP contribution in [0.5, 0.6) is 0 Å². The van der Waals surface area contributed by atoms with Crippen LogP contribution in [0, 0.1) is 0 Å². The lowest BCUT2D eigenvalue weighted by molar-refractivity contribution is 0.895. The molecule has 2 N–H and O–H groups in total. The van der Waals surface area contributed by atoms with E-state index < -0.39 is 0 Å². The quantitative estimate of drug-likeness (QED) is 0.744. The SMILES string of the molecule is Nc1ncnc2c1cnn2-c1cc(Cl)cc(Cl)c1. The summed E-state index contributed by atoms with van der Waals surface area (Å²) in [7, 11) is 0. The summed E-state index contributed by atoms with van der Waals surface area (Å²) in [6, 6.07) is 5.15. The summed E-state index contributed by atoms with van der Waals surface area (Å²) in [5.74, 6) is 0.388. The molecule has 0 radical (unpaired) electrons. The number of nitrogens with zero attached hydrogens (tertiary/aromatic N) is 4. The van der Waals surface area contributed by atoms with Crippen molar-refractivity contribution in [3.63, 3.8) is 0 Å². The largest absolute Gasteiger partial charge is 0.383 e. The van der Waals surface area contributed by atoms with Crippen LogP contribution >= 0.6 is 23.2 Å². The predicted molar refractivity (Wildman–Crippen MR) is 71.1 cm³/mol. The summed E-state index contributed by atoms with van der Waals surface area (Å²) in [6.07, 6.45) is 3.00. The smallest absolute Gasteiger partial charge is 0.168 e. The normalized spacial score (nSPS) is 11.0. The van der Waals surface area contributed by atoms with Crippen LogP contribution in [0.15, 0.2) is 30.7 Å². The number of fused-ring (bicyclic) bond motifs is 1. The fourth-order valence-corrected chi connectivity index (χ4v) is 2.23. The van der Waals surface area contributed by atoms with Gasteiger partial charge in [-0.2, -0.15) is 5.10 Å². The maximum atomic E-state index is 5.97. The molecule has 3 rings (SSSR count). The van der Waals surface area contributed by atoms with Crippen molar-refractivity contribution in [2.45, 2.75) is 0 Å². The van der Waals surface area contributed by atoms with Gasteiger partial charge in [-0.3, -0.25) is 0 Å². The van der Waals surface area contributed by atoms with Gasteiger partial charge < -0.3 is 5.73 Å². The van der Waals surface area contributed by atoms with E-state index in [-0.39, 0.29) is 0 Å². The summed E-state index contributed by atoms with van der Waals surface area (Å²) >= 11 is 11.9. The highest BCUT2D eigenvalue weighted by atomic mass is 35.5. The van der Waals surface area contributed by atoms with Crippen molar-refractivity contribution < 1.29 is 0 Å². The fraction of sp³-hybridized carbons (Fsp3) is 0. The number of aromatic nitrogens is 4. The molecule has 0 spiro atoms. The minimum Gasteiger partial charge on any atom is -0.383 e. The molecule has 0 aliphatic carbocycles. The monoisotopic (exact) mass is 279 g/mol. The van der Waals surface area contributed by atoms with Crippen molar-refractivity contribution in [3.8, 4) is 5.69 Å². The molecule has 0 aliphatic heterocycles. The number of hydrogen-bond donors (Lipinski definition) is 1. The standard InChI is InChI=1S/C11H7Cl2N5/c12-6-1-7(13)3-8(2-6)18-11-9(4-17-18)10(14)15-5-16-11/h1-5H,(H2,14,15,16). The maximum Gasteiger partial charge on any atom is 0.168 e. The summed E-state index contributed by atoms with van der Waals surface area (Å²) < 4.78 is 1.62. The predicted octanol–water partition coefficient (Wildman–Crippen LogP) is 2.70.